The van der Waals surface area contributed by atoms with Gasteiger partial charge in [0.1, 0.15) is 6.29 Å². The Bertz CT molecular complexity index is 56.9. The van der Waals surface area contributed by atoms with Gasteiger partial charge in [-0.25, -0.2) is 0 Å². The zero-order valence-corrected chi connectivity index (χ0v) is 9.03. The standard InChI is InChI=1S/C5H9O2.ClH.Zn/c1-2-5-6-3-4-7-5;;/h5H,1-4H2;1H;/q-1;;+2/p-1. The van der Waals surface area contributed by atoms with E-state index in [2.05, 4.69) is 6.92 Å². The molecule has 0 aromatic rings. The van der Waals surface area contributed by atoms with Gasteiger partial charge < -0.3 is 28.8 Å². The SMILES string of the molecule is [CH2-]CC1OCCO1.[Cl-].[Zn+2]. The van der Waals surface area contributed by atoms with Gasteiger partial charge in [0.2, 0.25) is 0 Å². The normalized spacial score (nSPS) is 18.3. The molecule has 0 aromatic carbocycles. The van der Waals surface area contributed by atoms with E-state index in [9.17, 15) is 0 Å². The van der Waals surface area contributed by atoms with Gasteiger partial charge in [-0.2, -0.15) is 0 Å². The van der Waals surface area contributed by atoms with Crippen LogP contribution in [0.4, 0.5) is 0 Å². The fourth-order valence-corrected chi connectivity index (χ4v) is 0.574. The number of rotatable bonds is 1. The molecule has 1 saturated heterocycles. The van der Waals surface area contributed by atoms with Crippen LogP contribution in [0, 0.1) is 6.92 Å². The zero-order chi connectivity index (χ0) is 5.11. The molecule has 4 heteroatoms. The molecule has 1 aliphatic rings. The fourth-order valence-electron chi connectivity index (χ4n) is 0.574. The molecule has 0 aromatic heterocycles. The van der Waals surface area contributed by atoms with E-state index < -0.39 is 0 Å². The van der Waals surface area contributed by atoms with Gasteiger partial charge in [-0.05, 0) is 0 Å². The number of halogens is 1. The molecule has 1 rings (SSSR count). The van der Waals surface area contributed by atoms with Crippen molar-refractivity contribution in [3.05, 3.63) is 6.92 Å². The summed E-state index contributed by atoms with van der Waals surface area (Å²) in [7, 11) is 0. The van der Waals surface area contributed by atoms with Crippen molar-refractivity contribution in [2.24, 2.45) is 0 Å². The smallest absolute Gasteiger partial charge is 1.00 e. The Balaban J connectivity index is 0. The Hall–Kier alpha value is 0.833. The van der Waals surface area contributed by atoms with Crippen molar-refractivity contribution >= 4 is 0 Å². The van der Waals surface area contributed by atoms with Crippen LogP contribution in [0.3, 0.4) is 0 Å². The Morgan fingerprint density at radius 3 is 2.00 bits per heavy atom. The Kier molecular flexibility index (Phi) is 9.65. The molecule has 0 spiro atoms. The molecule has 0 aliphatic carbocycles. The van der Waals surface area contributed by atoms with Crippen LogP contribution in [0.15, 0.2) is 0 Å². The van der Waals surface area contributed by atoms with Gasteiger partial charge in [-0.3, -0.25) is 0 Å². The molecule has 2 nitrogen and oxygen atoms in total. The molecule has 1 aliphatic heterocycles. The van der Waals surface area contributed by atoms with Gasteiger partial charge in [-0.1, -0.05) is 0 Å². The minimum absolute atomic E-state index is 0. The van der Waals surface area contributed by atoms with E-state index >= 15 is 0 Å². The van der Waals surface area contributed by atoms with Crippen molar-refractivity contribution in [2.75, 3.05) is 13.2 Å². The topological polar surface area (TPSA) is 18.5 Å². The molecule has 1 fully saturated rings. The summed E-state index contributed by atoms with van der Waals surface area (Å²) >= 11 is 0. The van der Waals surface area contributed by atoms with E-state index in [-0.39, 0.29) is 38.2 Å². The third-order valence-electron chi connectivity index (χ3n) is 0.927. The van der Waals surface area contributed by atoms with Crippen LogP contribution in [0.5, 0.6) is 0 Å². The average Bonchev–Trinajstić information content (AvgIpc) is 2.14. The van der Waals surface area contributed by atoms with Gasteiger partial charge >= 0.3 is 19.5 Å². The molecule has 0 amide bonds. The second kappa shape index (κ2) is 6.95. The van der Waals surface area contributed by atoms with Crippen LogP contribution >= 0.6 is 0 Å². The first-order valence-corrected chi connectivity index (χ1v) is 2.46. The summed E-state index contributed by atoms with van der Waals surface area (Å²) in [6, 6.07) is 0. The summed E-state index contributed by atoms with van der Waals surface area (Å²) in [5.74, 6) is 0. The predicted molar refractivity (Wildman–Crippen MR) is 25.7 cm³/mol. The van der Waals surface area contributed by atoms with Crippen LogP contribution in [0.2, 0.25) is 0 Å². The monoisotopic (exact) mass is 200 g/mol. The van der Waals surface area contributed by atoms with E-state index in [1.807, 2.05) is 0 Å². The van der Waals surface area contributed by atoms with Crippen molar-refractivity contribution in [3.63, 3.8) is 0 Å². The van der Waals surface area contributed by atoms with E-state index in [1.165, 1.54) is 0 Å². The summed E-state index contributed by atoms with van der Waals surface area (Å²) < 4.78 is 10.0. The molecule has 0 N–H and O–H groups in total. The van der Waals surface area contributed by atoms with E-state index in [0.717, 1.165) is 19.6 Å². The molecular formula is C5H9ClO2Zn. The molecule has 0 bridgehead atoms. The molecule has 50 valence electrons. The third-order valence-corrected chi connectivity index (χ3v) is 0.927. The number of hydrogen-bond donors (Lipinski definition) is 0. The zero-order valence-electron chi connectivity index (χ0n) is 5.31. The molecule has 9 heavy (non-hydrogen) atoms. The maximum Gasteiger partial charge on any atom is 2.00 e. The molecule has 0 unspecified atom stereocenters. The first-order chi connectivity index (χ1) is 3.43. The summed E-state index contributed by atoms with van der Waals surface area (Å²) in [6.07, 6.45) is 0.708. The van der Waals surface area contributed by atoms with Gasteiger partial charge in [0, 0.05) is 0 Å². The fraction of sp³-hybridized carbons (Fsp3) is 0.800. The maximum absolute atomic E-state index is 5.02. The summed E-state index contributed by atoms with van der Waals surface area (Å²) in [6.45, 7) is 5.09. The maximum atomic E-state index is 5.02. The van der Waals surface area contributed by atoms with Crippen molar-refractivity contribution in [1.82, 2.24) is 0 Å². The first kappa shape index (κ1) is 12.5. The molecular weight excluding hydrogens is 193 g/mol. The molecule has 0 saturated carbocycles. The van der Waals surface area contributed by atoms with Crippen LogP contribution in [-0.4, -0.2) is 19.5 Å². The Labute approximate surface area is 74.5 Å². The summed E-state index contributed by atoms with van der Waals surface area (Å²) in [5, 5.41) is 0. The second-order valence-electron chi connectivity index (χ2n) is 1.46. The molecule has 0 atom stereocenters. The van der Waals surface area contributed by atoms with Gasteiger partial charge in [-0.15, -0.1) is 6.42 Å². The quantitative estimate of drug-likeness (QED) is 0.348. The minimum atomic E-state index is -0.0139. The predicted octanol–water partition coefficient (Wildman–Crippen LogP) is -2.42. The van der Waals surface area contributed by atoms with Crippen molar-refractivity contribution in [1.29, 1.82) is 0 Å². The number of ether oxygens (including phenoxy) is 2. The van der Waals surface area contributed by atoms with E-state index in [1.54, 1.807) is 0 Å². The van der Waals surface area contributed by atoms with Gasteiger partial charge in [0.05, 0.1) is 13.2 Å². The largest absolute Gasteiger partial charge is 2.00 e. The van der Waals surface area contributed by atoms with Gasteiger partial charge in [0.15, 0.2) is 0 Å². The molecule has 0 radical (unpaired) electrons. The van der Waals surface area contributed by atoms with Crippen LogP contribution in [-0.2, 0) is 29.0 Å². The minimum Gasteiger partial charge on any atom is -1.00 e. The van der Waals surface area contributed by atoms with Crippen LogP contribution < -0.4 is 12.4 Å². The third kappa shape index (κ3) is 4.27. The van der Waals surface area contributed by atoms with Crippen molar-refractivity contribution in [3.8, 4) is 0 Å². The van der Waals surface area contributed by atoms with Crippen molar-refractivity contribution in [2.45, 2.75) is 12.7 Å². The molecule has 1 heterocycles. The average molecular weight is 202 g/mol. The Morgan fingerprint density at radius 2 is 1.78 bits per heavy atom. The van der Waals surface area contributed by atoms with E-state index in [4.69, 9.17) is 9.47 Å². The van der Waals surface area contributed by atoms with Crippen LogP contribution in [0.1, 0.15) is 6.42 Å². The van der Waals surface area contributed by atoms with E-state index in [0.29, 0.717) is 0 Å². The summed E-state index contributed by atoms with van der Waals surface area (Å²) in [5.41, 5.74) is 0. The van der Waals surface area contributed by atoms with Crippen LogP contribution in [0.25, 0.3) is 0 Å². The summed E-state index contributed by atoms with van der Waals surface area (Å²) in [4.78, 5) is 0. The first-order valence-electron chi connectivity index (χ1n) is 2.46. The Morgan fingerprint density at radius 1 is 1.33 bits per heavy atom. The second-order valence-corrected chi connectivity index (χ2v) is 1.46. The number of hydrogen-bond acceptors (Lipinski definition) is 2. The van der Waals surface area contributed by atoms with Crippen molar-refractivity contribution < 1.29 is 41.4 Å². The van der Waals surface area contributed by atoms with Gasteiger partial charge in [0.25, 0.3) is 0 Å².